The molecule has 2 amide bonds. The van der Waals surface area contributed by atoms with E-state index < -0.39 is 24.4 Å². The Bertz CT molecular complexity index is 1100. The van der Waals surface area contributed by atoms with Crippen LogP contribution < -0.4 is 10.1 Å². The Hall–Kier alpha value is -2.88. The molecule has 7 nitrogen and oxygen atoms in total. The number of benzene rings is 2. The van der Waals surface area contributed by atoms with Crippen LogP contribution >= 0.6 is 35.6 Å². The van der Waals surface area contributed by atoms with Gasteiger partial charge in [-0.2, -0.15) is 0 Å². The molecule has 0 spiro atoms. The van der Waals surface area contributed by atoms with Gasteiger partial charge in [0.15, 0.2) is 6.61 Å². The fourth-order valence-corrected chi connectivity index (χ4v) is 4.25. The first-order valence-corrected chi connectivity index (χ1v) is 11.0. The molecule has 0 saturated carbocycles. The first-order chi connectivity index (χ1) is 15.3. The van der Waals surface area contributed by atoms with Crippen LogP contribution in [-0.4, -0.2) is 47.3 Å². The highest BCUT2D eigenvalue weighted by Crippen LogP contribution is 2.32. The van der Waals surface area contributed by atoms with Crippen LogP contribution in [0.1, 0.15) is 11.1 Å². The molecule has 1 saturated heterocycles. The molecule has 2 aromatic carbocycles. The van der Waals surface area contributed by atoms with E-state index in [4.69, 9.17) is 33.3 Å². The van der Waals surface area contributed by atoms with Crippen molar-refractivity contribution in [3.05, 3.63) is 63.5 Å². The lowest BCUT2D eigenvalue weighted by Crippen LogP contribution is -2.35. The topological polar surface area (TPSA) is 84.9 Å². The molecule has 32 heavy (non-hydrogen) atoms. The minimum atomic E-state index is -0.753. The van der Waals surface area contributed by atoms with E-state index in [1.807, 2.05) is 6.92 Å². The second kappa shape index (κ2) is 10.6. The van der Waals surface area contributed by atoms with Gasteiger partial charge >= 0.3 is 5.97 Å². The number of rotatable bonds is 7. The number of nitrogens with zero attached hydrogens (tertiary/aromatic N) is 1. The van der Waals surface area contributed by atoms with E-state index >= 15 is 0 Å². The molecule has 166 valence electrons. The number of esters is 1. The molecule has 0 aliphatic carbocycles. The predicted octanol–water partition coefficient (Wildman–Crippen LogP) is 4.04. The first kappa shape index (κ1) is 23.8. The monoisotopic (exact) mass is 490 g/mol. The maximum atomic E-state index is 12.6. The van der Waals surface area contributed by atoms with Crippen LogP contribution in [0.15, 0.2) is 47.4 Å². The van der Waals surface area contributed by atoms with Gasteiger partial charge < -0.3 is 14.8 Å². The molecular weight excluding hydrogens is 472 g/mol. The summed E-state index contributed by atoms with van der Waals surface area (Å²) < 4.78 is 10.3. The van der Waals surface area contributed by atoms with E-state index in [9.17, 15) is 14.4 Å². The van der Waals surface area contributed by atoms with Crippen LogP contribution in [0.25, 0.3) is 6.08 Å². The minimum absolute atomic E-state index is 0.239. The Kier molecular flexibility index (Phi) is 7.89. The number of aryl methyl sites for hydroxylation is 1. The number of hydrogen-bond donors (Lipinski definition) is 1. The summed E-state index contributed by atoms with van der Waals surface area (Å²) >= 11 is 12.4. The van der Waals surface area contributed by atoms with Gasteiger partial charge in [0.25, 0.3) is 11.8 Å². The number of thiocarbonyl (C=S) groups is 1. The maximum absolute atomic E-state index is 12.6. The average Bonchev–Trinajstić information content (AvgIpc) is 3.02. The number of amides is 2. The fraction of sp³-hybridized carbons (Fsp3) is 0.182. The summed E-state index contributed by atoms with van der Waals surface area (Å²) in [6, 6.07) is 12.3. The molecule has 1 N–H and O–H groups in total. The third-order valence-electron chi connectivity index (χ3n) is 4.34. The van der Waals surface area contributed by atoms with Crippen LogP contribution in [0.3, 0.4) is 0 Å². The average molecular weight is 491 g/mol. The van der Waals surface area contributed by atoms with E-state index in [0.29, 0.717) is 21.4 Å². The summed E-state index contributed by atoms with van der Waals surface area (Å²) in [7, 11) is 1.57. The number of hydrogen-bond acceptors (Lipinski definition) is 7. The third-order valence-corrected chi connectivity index (χ3v) is 6.03. The number of halogens is 1. The van der Waals surface area contributed by atoms with E-state index in [1.165, 1.54) is 0 Å². The van der Waals surface area contributed by atoms with E-state index in [2.05, 4.69) is 5.32 Å². The largest absolute Gasteiger partial charge is 0.497 e. The molecule has 10 heteroatoms. The van der Waals surface area contributed by atoms with Crippen LogP contribution in [0.4, 0.5) is 5.69 Å². The number of methoxy groups -OCH3 is 1. The lowest BCUT2D eigenvalue weighted by molar-refractivity contribution is -0.148. The second-order valence-corrected chi connectivity index (χ2v) is 8.82. The summed E-state index contributed by atoms with van der Waals surface area (Å²) in [6.45, 7) is 0.974. The lowest BCUT2D eigenvalue weighted by atomic mass is 10.2. The number of nitrogens with one attached hydrogen (secondary N) is 1. The number of carbonyl (C=O) groups excluding carboxylic acids is 3. The third kappa shape index (κ3) is 6.09. The van der Waals surface area contributed by atoms with Crippen molar-refractivity contribution in [2.45, 2.75) is 6.92 Å². The molecule has 0 radical (unpaired) electrons. The van der Waals surface area contributed by atoms with Crippen molar-refractivity contribution in [2.75, 3.05) is 25.6 Å². The summed E-state index contributed by atoms with van der Waals surface area (Å²) in [5.74, 6) is -0.999. The number of ether oxygens (including phenoxy) is 2. The molecule has 1 fully saturated rings. The molecule has 0 bridgehead atoms. The minimum Gasteiger partial charge on any atom is -0.497 e. The van der Waals surface area contributed by atoms with Crippen LogP contribution in [0, 0.1) is 6.92 Å². The Morgan fingerprint density at radius 2 is 1.94 bits per heavy atom. The van der Waals surface area contributed by atoms with Crippen molar-refractivity contribution >= 4 is 69.4 Å². The standard InChI is InChI=1S/C22H19ClN2O5S2/c1-13-3-8-17(16(23)9-13)24-19(26)12-30-20(27)11-25-21(28)18(32-22(25)31)10-14-4-6-15(29-2)7-5-14/h3-10H,11-12H2,1-2H3,(H,24,26)/b18-10+. The molecule has 3 rings (SSSR count). The fourth-order valence-electron chi connectivity index (χ4n) is 2.72. The molecule has 1 heterocycles. The summed E-state index contributed by atoms with van der Waals surface area (Å²) in [5, 5.41) is 2.95. The van der Waals surface area contributed by atoms with Crippen molar-refractivity contribution < 1.29 is 23.9 Å². The maximum Gasteiger partial charge on any atom is 0.326 e. The number of anilines is 1. The smallest absolute Gasteiger partial charge is 0.326 e. The summed E-state index contributed by atoms with van der Waals surface area (Å²) in [4.78, 5) is 38.4. The molecule has 1 aliphatic rings. The van der Waals surface area contributed by atoms with E-state index in [1.54, 1.807) is 55.7 Å². The van der Waals surface area contributed by atoms with Gasteiger partial charge in [-0.3, -0.25) is 19.3 Å². The Balaban J connectivity index is 1.54. The first-order valence-electron chi connectivity index (χ1n) is 9.38. The highest BCUT2D eigenvalue weighted by molar-refractivity contribution is 8.26. The SMILES string of the molecule is COc1ccc(/C=C2/SC(=S)N(CC(=O)OCC(=O)Nc3ccc(C)cc3Cl)C2=O)cc1. The Morgan fingerprint density at radius 1 is 1.22 bits per heavy atom. The molecule has 1 aliphatic heterocycles. The van der Waals surface area contributed by atoms with Crippen molar-refractivity contribution in [2.24, 2.45) is 0 Å². The number of thioether (sulfide) groups is 1. The van der Waals surface area contributed by atoms with E-state index in [-0.39, 0.29) is 10.9 Å². The summed E-state index contributed by atoms with van der Waals surface area (Å²) in [6.07, 6.45) is 1.68. The summed E-state index contributed by atoms with van der Waals surface area (Å²) in [5.41, 5.74) is 2.16. The Morgan fingerprint density at radius 3 is 2.59 bits per heavy atom. The van der Waals surface area contributed by atoms with Gasteiger partial charge in [-0.25, -0.2) is 0 Å². The van der Waals surface area contributed by atoms with Crippen LogP contribution in [-0.2, 0) is 19.1 Å². The Labute approximate surface area is 199 Å². The van der Waals surface area contributed by atoms with Gasteiger partial charge in [-0.1, -0.05) is 53.8 Å². The molecule has 2 aromatic rings. The van der Waals surface area contributed by atoms with Crippen molar-refractivity contribution in [3.63, 3.8) is 0 Å². The predicted molar refractivity (Wildman–Crippen MR) is 129 cm³/mol. The molecule has 0 atom stereocenters. The molecular formula is C22H19ClN2O5S2. The van der Waals surface area contributed by atoms with Gasteiger partial charge in [0, 0.05) is 0 Å². The van der Waals surface area contributed by atoms with E-state index in [0.717, 1.165) is 27.8 Å². The normalized spacial score (nSPS) is 14.6. The highest BCUT2D eigenvalue weighted by atomic mass is 35.5. The van der Waals surface area contributed by atoms with Gasteiger partial charge in [0.1, 0.15) is 16.6 Å². The zero-order chi connectivity index (χ0) is 23.3. The van der Waals surface area contributed by atoms with Gasteiger partial charge in [0.05, 0.1) is 22.7 Å². The highest BCUT2D eigenvalue weighted by Gasteiger charge is 2.33. The van der Waals surface area contributed by atoms with Gasteiger partial charge in [0.2, 0.25) is 0 Å². The van der Waals surface area contributed by atoms with Crippen molar-refractivity contribution in [1.29, 1.82) is 0 Å². The van der Waals surface area contributed by atoms with Gasteiger partial charge in [-0.15, -0.1) is 0 Å². The van der Waals surface area contributed by atoms with Crippen molar-refractivity contribution in [1.82, 2.24) is 4.90 Å². The quantitative estimate of drug-likeness (QED) is 0.356. The number of carbonyl (C=O) groups is 3. The van der Waals surface area contributed by atoms with Crippen LogP contribution in [0.5, 0.6) is 5.75 Å². The molecule has 0 aromatic heterocycles. The van der Waals surface area contributed by atoms with Gasteiger partial charge in [-0.05, 0) is 48.4 Å². The van der Waals surface area contributed by atoms with Crippen molar-refractivity contribution in [3.8, 4) is 5.75 Å². The zero-order valence-electron chi connectivity index (χ0n) is 17.2. The van der Waals surface area contributed by atoms with Crippen LogP contribution in [0.2, 0.25) is 5.02 Å². The molecule has 0 unspecified atom stereocenters. The lowest BCUT2D eigenvalue weighted by Gasteiger charge is -2.13. The zero-order valence-corrected chi connectivity index (χ0v) is 19.6. The second-order valence-electron chi connectivity index (χ2n) is 6.73.